The Kier molecular flexibility index (Phi) is 5.26. The molecule has 0 aromatic heterocycles. The van der Waals surface area contributed by atoms with Gasteiger partial charge in [-0.25, -0.2) is 4.79 Å². The van der Waals surface area contributed by atoms with Gasteiger partial charge in [0.25, 0.3) is 0 Å². The molecule has 0 unspecified atom stereocenters. The molecule has 0 fully saturated rings. The van der Waals surface area contributed by atoms with E-state index in [-0.39, 0.29) is 6.03 Å². The minimum atomic E-state index is -0.385. The molecule has 21 heavy (non-hydrogen) atoms. The second-order valence-corrected chi connectivity index (χ2v) is 5.26. The molecule has 0 aliphatic carbocycles. The van der Waals surface area contributed by atoms with Crippen LogP contribution in [0.15, 0.2) is 48.7 Å². The Bertz CT molecular complexity index is 684. The second-order valence-electron chi connectivity index (χ2n) is 4.41. The summed E-state index contributed by atoms with van der Waals surface area (Å²) in [5, 5.41) is 6.19. The summed E-state index contributed by atoms with van der Waals surface area (Å²) < 4.78 is 0. The van der Waals surface area contributed by atoms with Crippen molar-refractivity contribution in [1.82, 2.24) is 5.32 Å². The van der Waals surface area contributed by atoms with E-state index in [1.165, 1.54) is 0 Å². The molecular weight excluding hydrogens is 307 g/mol. The lowest BCUT2D eigenvalue weighted by Crippen LogP contribution is -2.23. The number of hydrogen-bond donors (Lipinski definition) is 2. The number of aryl methyl sites for hydroxylation is 1. The van der Waals surface area contributed by atoms with Crippen LogP contribution in [-0.4, -0.2) is 6.03 Å². The summed E-state index contributed by atoms with van der Waals surface area (Å²) in [6, 6.07) is 12.4. The Labute approximate surface area is 133 Å². The van der Waals surface area contributed by atoms with Crippen molar-refractivity contribution in [3.63, 3.8) is 0 Å². The Morgan fingerprint density at radius 2 is 1.90 bits per heavy atom. The Morgan fingerprint density at radius 3 is 2.67 bits per heavy atom. The number of halogens is 2. The molecule has 0 aliphatic heterocycles. The quantitative estimate of drug-likeness (QED) is 0.812. The number of nitrogens with one attached hydrogen (secondary N) is 2. The van der Waals surface area contributed by atoms with Crippen LogP contribution in [-0.2, 0) is 0 Å². The topological polar surface area (TPSA) is 41.1 Å². The number of hydrogen-bond acceptors (Lipinski definition) is 1. The molecule has 2 rings (SSSR count). The fraction of sp³-hybridized carbons (Fsp3) is 0.0625. The molecule has 2 aromatic carbocycles. The molecule has 3 nitrogen and oxygen atoms in total. The van der Waals surface area contributed by atoms with Gasteiger partial charge in [0, 0.05) is 11.2 Å². The van der Waals surface area contributed by atoms with Gasteiger partial charge in [-0.05, 0) is 42.3 Å². The molecule has 0 radical (unpaired) electrons. The first-order valence-electron chi connectivity index (χ1n) is 6.31. The molecule has 5 heteroatoms. The zero-order valence-electron chi connectivity index (χ0n) is 11.4. The fourth-order valence-electron chi connectivity index (χ4n) is 1.73. The number of amides is 2. The summed E-state index contributed by atoms with van der Waals surface area (Å²) in [5.41, 5.74) is 2.64. The van der Waals surface area contributed by atoms with Gasteiger partial charge in [0.15, 0.2) is 0 Å². The highest BCUT2D eigenvalue weighted by atomic mass is 35.5. The third-order valence-corrected chi connectivity index (χ3v) is 3.41. The maximum atomic E-state index is 11.8. The van der Waals surface area contributed by atoms with Crippen molar-refractivity contribution >= 4 is 41.0 Å². The van der Waals surface area contributed by atoms with E-state index in [4.69, 9.17) is 23.2 Å². The average molecular weight is 321 g/mol. The average Bonchev–Trinajstić information content (AvgIpc) is 2.45. The van der Waals surface area contributed by atoms with E-state index in [2.05, 4.69) is 10.6 Å². The lowest BCUT2D eigenvalue weighted by atomic mass is 10.1. The molecule has 0 bridgehead atoms. The maximum Gasteiger partial charge on any atom is 0.323 e. The predicted molar refractivity (Wildman–Crippen MR) is 88.8 cm³/mol. The molecule has 0 saturated carbocycles. The fourth-order valence-corrected chi connectivity index (χ4v) is 2.07. The van der Waals surface area contributed by atoms with Crippen LogP contribution >= 0.6 is 23.2 Å². The lowest BCUT2D eigenvalue weighted by molar-refractivity contribution is 0.255. The van der Waals surface area contributed by atoms with Crippen LogP contribution in [0.4, 0.5) is 10.5 Å². The van der Waals surface area contributed by atoms with E-state index >= 15 is 0 Å². The number of anilines is 1. The standard InChI is InChI=1S/C16H14Cl2N2O/c1-11-4-2-3-5-12(11)8-9-19-16(21)20-15-10-13(17)6-7-14(15)18/h2-10H,1H3,(H2,19,20,21)/b9-8+. The highest BCUT2D eigenvalue weighted by Crippen LogP contribution is 2.25. The number of urea groups is 1. The SMILES string of the molecule is Cc1ccccc1/C=C/NC(=O)Nc1cc(Cl)ccc1Cl. The van der Waals surface area contributed by atoms with Crippen LogP contribution < -0.4 is 10.6 Å². The zero-order chi connectivity index (χ0) is 15.2. The first-order chi connectivity index (χ1) is 10.1. The lowest BCUT2D eigenvalue weighted by Gasteiger charge is -2.07. The van der Waals surface area contributed by atoms with Gasteiger partial charge in [-0.15, -0.1) is 0 Å². The molecule has 2 aromatic rings. The third-order valence-electron chi connectivity index (χ3n) is 2.84. The van der Waals surface area contributed by atoms with E-state index in [0.29, 0.717) is 15.7 Å². The normalized spacial score (nSPS) is 10.6. The molecule has 0 spiro atoms. The summed E-state index contributed by atoms with van der Waals surface area (Å²) >= 11 is 11.8. The van der Waals surface area contributed by atoms with Crippen molar-refractivity contribution in [3.05, 3.63) is 69.8 Å². The zero-order valence-corrected chi connectivity index (χ0v) is 12.9. The van der Waals surface area contributed by atoms with Crippen LogP contribution in [0.5, 0.6) is 0 Å². The van der Waals surface area contributed by atoms with Crippen molar-refractivity contribution in [2.75, 3.05) is 5.32 Å². The molecule has 0 heterocycles. The smallest absolute Gasteiger partial charge is 0.314 e. The first kappa shape index (κ1) is 15.4. The van der Waals surface area contributed by atoms with Gasteiger partial charge in [0.1, 0.15) is 0 Å². The van der Waals surface area contributed by atoms with Crippen LogP contribution in [0, 0.1) is 6.92 Å². The van der Waals surface area contributed by atoms with Crippen LogP contribution in [0.3, 0.4) is 0 Å². The van der Waals surface area contributed by atoms with Gasteiger partial charge in [0.05, 0.1) is 10.7 Å². The second kappa shape index (κ2) is 7.16. The largest absolute Gasteiger partial charge is 0.323 e. The third kappa shape index (κ3) is 4.52. The van der Waals surface area contributed by atoms with E-state index in [1.54, 1.807) is 24.4 Å². The maximum absolute atomic E-state index is 11.8. The van der Waals surface area contributed by atoms with Crippen molar-refractivity contribution in [2.24, 2.45) is 0 Å². The highest BCUT2D eigenvalue weighted by molar-refractivity contribution is 6.35. The van der Waals surface area contributed by atoms with Gasteiger partial charge in [0.2, 0.25) is 0 Å². The van der Waals surface area contributed by atoms with Gasteiger partial charge in [-0.1, -0.05) is 47.5 Å². The number of carbonyl (C=O) groups is 1. The Morgan fingerprint density at radius 1 is 1.14 bits per heavy atom. The number of carbonyl (C=O) groups excluding carboxylic acids is 1. The van der Waals surface area contributed by atoms with Crippen molar-refractivity contribution in [3.8, 4) is 0 Å². The van der Waals surface area contributed by atoms with E-state index < -0.39 is 0 Å². The van der Waals surface area contributed by atoms with Crippen molar-refractivity contribution in [1.29, 1.82) is 0 Å². The van der Waals surface area contributed by atoms with E-state index in [0.717, 1.165) is 11.1 Å². The number of rotatable bonds is 3. The Balaban J connectivity index is 1.96. The van der Waals surface area contributed by atoms with Gasteiger partial charge in [-0.2, -0.15) is 0 Å². The molecule has 0 aliphatic rings. The van der Waals surface area contributed by atoms with E-state index in [9.17, 15) is 4.79 Å². The molecule has 0 saturated heterocycles. The predicted octanol–water partition coefficient (Wildman–Crippen LogP) is 5.09. The monoisotopic (exact) mass is 320 g/mol. The molecule has 108 valence electrons. The Hall–Kier alpha value is -1.97. The highest BCUT2D eigenvalue weighted by Gasteiger charge is 2.04. The van der Waals surface area contributed by atoms with Crippen molar-refractivity contribution in [2.45, 2.75) is 6.92 Å². The summed E-state index contributed by atoms with van der Waals surface area (Å²) in [5.74, 6) is 0. The van der Waals surface area contributed by atoms with Gasteiger partial charge >= 0.3 is 6.03 Å². The molecule has 2 N–H and O–H groups in total. The van der Waals surface area contributed by atoms with Crippen molar-refractivity contribution < 1.29 is 4.79 Å². The molecule has 2 amide bonds. The van der Waals surface area contributed by atoms with Crippen LogP contribution in [0.1, 0.15) is 11.1 Å². The minimum Gasteiger partial charge on any atom is -0.314 e. The first-order valence-corrected chi connectivity index (χ1v) is 7.06. The molecular formula is C16H14Cl2N2O. The van der Waals surface area contributed by atoms with E-state index in [1.807, 2.05) is 37.3 Å². The van der Waals surface area contributed by atoms with Gasteiger partial charge in [-0.3, -0.25) is 0 Å². The summed E-state index contributed by atoms with van der Waals surface area (Å²) in [6.45, 7) is 2.01. The van der Waals surface area contributed by atoms with Crippen LogP contribution in [0.2, 0.25) is 10.0 Å². The number of benzene rings is 2. The summed E-state index contributed by atoms with van der Waals surface area (Å²) in [6.07, 6.45) is 3.41. The minimum absolute atomic E-state index is 0.385. The molecule has 0 atom stereocenters. The van der Waals surface area contributed by atoms with Crippen LogP contribution in [0.25, 0.3) is 6.08 Å². The van der Waals surface area contributed by atoms with Gasteiger partial charge < -0.3 is 10.6 Å². The summed E-state index contributed by atoms with van der Waals surface area (Å²) in [7, 11) is 0. The summed E-state index contributed by atoms with van der Waals surface area (Å²) in [4.78, 5) is 11.8.